The fourth-order valence-corrected chi connectivity index (χ4v) is 3.22. The van der Waals surface area contributed by atoms with Crippen LogP contribution in [0.25, 0.3) is 27.7 Å². The highest BCUT2D eigenvalue weighted by atomic mass is 15.2. The molecule has 1 N–H and O–H groups in total. The standard InChI is InChI=1S/C23H24N6/c1-16(18-7-5-17(6-8-18)14-28(2)3)26-23-24-12-20-10-9-19(11-22(20)27-23)21-13-25-29(4)15-21/h5-13,15H,1,14H2,2-4H3,(H,24,26,27). The first-order valence-electron chi connectivity index (χ1n) is 9.44. The Morgan fingerprint density at radius 3 is 2.55 bits per heavy atom. The molecule has 0 aliphatic rings. The molecule has 0 radical (unpaired) electrons. The van der Waals surface area contributed by atoms with Crippen LogP contribution in [-0.2, 0) is 13.6 Å². The maximum atomic E-state index is 4.67. The van der Waals surface area contributed by atoms with Crippen LogP contribution in [-0.4, -0.2) is 38.7 Å². The minimum absolute atomic E-state index is 0.531. The number of nitrogens with zero attached hydrogens (tertiary/aromatic N) is 5. The third-order valence-electron chi connectivity index (χ3n) is 4.68. The SMILES string of the molecule is C=C(Nc1ncc2ccc(-c3cnn(C)c3)cc2n1)c1ccc(CN(C)C)cc1. The number of aryl methyl sites for hydroxylation is 1. The van der Waals surface area contributed by atoms with Gasteiger partial charge in [-0.2, -0.15) is 5.10 Å². The molecule has 0 aliphatic heterocycles. The molecule has 4 rings (SSSR count). The summed E-state index contributed by atoms with van der Waals surface area (Å²) < 4.78 is 1.79. The van der Waals surface area contributed by atoms with Crippen LogP contribution in [0.2, 0.25) is 0 Å². The Hall–Kier alpha value is -3.51. The molecular formula is C23H24N6. The first-order chi connectivity index (χ1) is 14.0. The van der Waals surface area contributed by atoms with E-state index in [-0.39, 0.29) is 0 Å². The van der Waals surface area contributed by atoms with Crippen LogP contribution in [0.1, 0.15) is 11.1 Å². The van der Waals surface area contributed by atoms with Crippen molar-refractivity contribution in [2.24, 2.45) is 7.05 Å². The second kappa shape index (κ2) is 7.85. The normalized spacial score (nSPS) is 11.2. The largest absolute Gasteiger partial charge is 0.324 e. The van der Waals surface area contributed by atoms with Crippen molar-refractivity contribution in [1.82, 2.24) is 24.6 Å². The smallest absolute Gasteiger partial charge is 0.227 e. The predicted octanol–water partition coefficient (Wildman–Crippen LogP) is 4.17. The third-order valence-corrected chi connectivity index (χ3v) is 4.68. The summed E-state index contributed by atoms with van der Waals surface area (Å²) in [4.78, 5) is 11.2. The molecule has 0 bridgehead atoms. The number of hydrogen-bond acceptors (Lipinski definition) is 5. The molecule has 0 aliphatic carbocycles. The average molecular weight is 384 g/mol. The lowest BCUT2D eigenvalue weighted by Gasteiger charge is -2.12. The summed E-state index contributed by atoms with van der Waals surface area (Å²) in [6.45, 7) is 5.06. The highest BCUT2D eigenvalue weighted by Gasteiger charge is 2.07. The van der Waals surface area contributed by atoms with Crippen LogP contribution >= 0.6 is 0 Å². The number of benzene rings is 2. The second-order valence-corrected chi connectivity index (χ2v) is 7.41. The molecule has 2 heterocycles. The summed E-state index contributed by atoms with van der Waals surface area (Å²) in [6, 6.07) is 14.5. The minimum Gasteiger partial charge on any atom is -0.324 e. The summed E-state index contributed by atoms with van der Waals surface area (Å²) >= 11 is 0. The van der Waals surface area contributed by atoms with Gasteiger partial charge in [0, 0.05) is 42.6 Å². The fraction of sp³-hybridized carbons (Fsp3) is 0.174. The van der Waals surface area contributed by atoms with E-state index in [4.69, 9.17) is 0 Å². The fourth-order valence-electron chi connectivity index (χ4n) is 3.22. The molecule has 0 spiro atoms. The Morgan fingerprint density at radius 1 is 1.07 bits per heavy atom. The molecule has 6 heteroatoms. The Balaban J connectivity index is 1.55. The topological polar surface area (TPSA) is 58.9 Å². The number of rotatable bonds is 6. The van der Waals surface area contributed by atoms with Gasteiger partial charge in [-0.15, -0.1) is 0 Å². The summed E-state index contributed by atoms with van der Waals surface area (Å²) in [6.07, 6.45) is 5.66. The highest BCUT2D eigenvalue weighted by Crippen LogP contribution is 2.24. The third kappa shape index (κ3) is 4.33. The summed E-state index contributed by atoms with van der Waals surface area (Å²) in [5, 5.41) is 8.46. The molecule has 146 valence electrons. The van der Waals surface area contributed by atoms with E-state index in [0.717, 1.165) is 39.8 Å². The molecule has 0 amide bonds. The molecular weight excluding hydrogens is 360 g/mol. The predicted molar refractivity (Wildman–Crippen MR) is 118 cm³/mol. The lowest BCUT2D eigenvalue weighted by Crippen LogP contribution is -2.10. The highest BCUT2D eigenvalue weighted by molar-refractivity contribution is 5.85. The van der Waals surface area contributed by atoms with Gasteiger partial charge in [-0.1, -0.05) is 43.0 Å². The van der Waals surface area contributed by atoms with E-state index in [1.165, 1.54) is 5.56 Å². The van der Waals surface area contributed by atoms with Gasteiger partial charge in [0.15, 0.2) is 0 Å². The van der Waals surface area contributed by atoms with E-state index in [1.54, 1.807) is 4.68 Å². The van der Waals surface area contributed by atoms with Gasteiger partial charge >= 0.3 is 0 Å². The van der Waals surface area contributed by atoms with Gasteiger partial charge in [-0.3, -0.25) is 4.68 Å². The van der Waals surface area contributed by atoms with Crippen LogP contribution in [0.3, 0.4) is 0 Å². The Labute approximate surface area is 170 Å². The zero-order valence-electron chi connectivity index (χ0n) is 16.9. The van der Waals surface area contributed by atoms with Gasteiger partial charge in [0.25, 0.3) is 0 Å². The Kier molecular flexibility index (Phi) is 5.10. The van der Waals surface area contributed by atoms with Gasteiger partial charge < -0.3 is 10.2 Å². The quantitative estimate of drug-likeness (QED) is 0.541. The first-order valence-corrected chi connectivity index (χ1v) is 9.44. The van der Waals surface area contributed by atoms with Crippen molar-refractivity contribution in [3.8, 4) is 11.1 Å². The summed E-state index contributed by atoms with van der Waals surface area (Å²) in [5.41, 5.74) is 6.05. The van der Waals surface area contributed by atoms with E-state index < -0.39 is 0 Å². The van der Waals surface area contributed by atoms with Crippen LogP contribution in [0.15, 0.2) is 67.6 Å². The lowest BCUT2D eigenvalue weighted by molar-refractivity contribution is 0.402. The van der Waals surface area contributed by atoms with Crippen molar-refractivity contribution in [3.63, 3.8) is 0 Å². The molecule has 0 atom stereocenters. The molecule has 0 unspecified atom stereocenters. The number of anilines is 1. The molecule has 6 nitrogen and oxygen atoms in total. The van der Waals surface area contributed by atoms with E-state index >= 15 is 0 Å². The number of nitrogens with one attached hydrogen (secondary N) is 1. The van der Waals surface area contributed by atoms with Crippen molar-refractivity contribution in [3.05, 3.63) is 78.8 Å². The zero-order chi connectivity index (χ0) is 20.4. The summed E-state index contributed by atoms with van der Waals surface area (Å²) in [7, 11) is 6.03. The minimum atomic E-state index is 0.531. The molecule has 2 aromatic carbocycles. The van der Waals surface area contributed by atoms with Gasteiger partial charge in [0.2, 0.25) is 5.95 Å². The first kappa shape index (κ1) is 18.8. The van der Waals surface area contributed by atoms with E-state index in [1.807, 2.05) is 31.7 Å². The van der Waals surface area contributed by atoms with Crippen molar-refractivity contribution >= 4 is 22.5 Å². The Morgan fingerprint density at radius 2 is 1.86 bits per heavy atom. The molecule has 0 saturated heterocycles. The molecule has 4 aromatic rings. The maximum absolute atomic E-state index is 4.67. The van der Waals surface area contributed by atoms with Crippen molar-refractivity contribution < 1.29 is 0 Å². The van der Waals surface area contributed by atoms with Gasteiger partial charge in [0.1, 0.15) is 0 Å². The van der Waals surface area contributed by atoms with Crippen molar-refractivity contribution in [2.45, 2.75) is 6.54 Å². The number of fused-ring (bicyclic) bond motifs is 1. The lowest BCUT2D eigenvalue weighted by atomic mass is 10.1. The zero-order valence-corrected chi connectivity index (χ0v) is 16.9. The monoisotopic (exact) mass is 384 g/mol. The summed E-state index contributed by atoms with van der Waals surface area (Å²) in [5.74, 6) is 0.531. The average Bonchev–Trinajstić information content (AvgIpc) is 3.14. The van der Waals surface area contributed by atoms with Gasteiger partial charge in [-0.05, 0) is 36.9 Å². The Bertz CT molecular complexity index is 1160. The van der Waals surface area contributed by atoms with Crippen LogP contribution < -0.4 is 5.32 Å². The molecule has 0 saturated carbocycles. The van der Waals surface area contributed by atoms with Gasteiger partial charge in [-0.25, -0.2) is 9.97 Å². The van der Waals surface area contributed by atoms with E-state index in [0.29, 0.717) is 5.95 Å². The van der Waals surface area contributed by atoms with Gasteiger partial charge in [0.05, 0.1) is 11.7 Å². The van der Waals surface area contributed by atoms with E-state index in [9.17, 15) is 0 Å². The number of hydrogen-bond donors (Lipinski definition) is 1. The second-order valence-electron chi connectivity index (χ2n) is 7.41. The van der Waals surface area contributed by atoms with Crippen molar-refractivity contribution in [2.75, 3.05) is 19.4 Å². The molecule has 0 fully saturated rings. The van der Waals surface area contributed by atoms with Crippen LogP contribution in [0, 0.1) is 0 Å². The van der Waals surface area contributed by atoms with Crippen LogP contribution in [0.4, 0.5) is 5.95 Å². The van der Waals surface area contributed by atoms with Crippen molar-refractivity contribution in [1.29, 1.82) is 0 Å². The molecule has 2 aromatic heterocycles. The number of aromatic nitrogens is 4. The van der Waals surface area contributed by atoms with E-state index in [2.05, 4.69) is 82.4 Å². The van der Waals surface area contributed by atoms with Crippen LogP contribution in [0.5, 0.6) is 0 Å². The molecule has 29 heavy (non-hydrogen) atoms. The maximum Gasteiger partial charge on any atom is 0.227 e.